The monoisotopic (exact) mass is 665 g/mol. The number of nitrogens with zero attached hydrogens (tertiary/aromatic N) is 5. The standard InChI is InChI=1S/C31H33ClF5N7O2/c1-14-7-19(38)40-25(22(14)31(35,36)37)20-23(32)27-21-26(24(20)34)41-29(46-13-30-5-2-6-43(30)10-16(33)8-30)42-28(21)44-11-17-4-3-15(9-39-17)18(44)12-45-27/h7,15-18,39H,2-6,8-13H2,1H3,(H2,38,40)/t15-,16-,17-,18-,30+/m1/s1. The predicted molar refractivity (Wildman–Crippen MR) is 162 cm³/mol. The zero-order valence-corrected chi connectivity index (χ0v) is 25.8. The zero-order valence-electron chi connectivity index (χ0n) is 25.1. The number of rotatable bonds is 4. The number of hydrogen-bond acceptors (Lipinski definition) is 9. The van der Waals surface area contributed by atoms with Gasteiger partial charge in [0.1, 0.15) is 36.5 Å². The number of nitrogen functional groups attached to an aromatic ring is 1. The maximum absolute atomic E-state index is 16.9. The van der Waals surface area contributed by atoms with Crippen LogP contribution >= 0.6 is 11.6 Å². The summed E-state index contributed by atoms with van der Waals surface area (Å²) in [5.41, 5.74) is 2.31. The van der Waals surface area contributed by atoms with E-state index in [1.807, 2.05) is 0 Å². The van der Waals surface area contributed by atoms with Crippen molar-refractivity contribution >= 4 is 34.1 Å². The number of fused-ring (bicyclic) bond motifs is 3. The molecular formula is C31H33ClF5N7O2. The molecule has 1 aromatic carbocycles. The number of piperidine rings is 1. The first-order valence-electron chi connectivity index (χ1n) is 15.7. The lowest BCUT2D eigenvalue weighted by Crippen LogP contribution is -2.44. The SMILES string of the molecule is Cc1cc(N)nc(-c2c(Cl)c3c4c(nc(OC[C@@]56CCCN5C[C@H](F)C6)nc4c2F)N2C[C@H]4CC[C@H](CN4)[C@H]2CO3)c1C(F)(F)F. The molecule has 0 radical (unpaired) electrons. The number of aromatic nitrogens is 3. The van der Waals surface area contributed by atoms with Gasteiger partial charge in [-0.1, -0.05) is 11.6 Å². The first kappa shape index (κ1) is 30.1. The zero-order chi connectivity index (χ0) is 32.1. The number of anilines is 2. The second-order valence-corrected chi connectivity index (χ2v) is 13.7. The van der Waals surface area contributed by atoms with Crippen LogP contribution in [0.4, 0.5) is 33.6 Å². The molecule has 6 aliphatic rings. The molecule has 0 saturated carbocycles. The lowest BCUT2D eigenvalue weighted by atomic mass is 9.91. The lowest BCUT2D eigenvalue weighted by Gasteiger charge is -2.33. The summed E-state index contributed by atoms with van der Waals surface area (Å²) in [5, 5.41) is 3.35. The molecular weight excluding hydrogens is 633 g/mol. The highest BCUT2D eigenvalue weighted by molar-refractivity contribution is 6.36. The molecule has 15 heteroatoms. The highest BCUT2D eigenvalue weighted by Gasteiger charge is 2.50. The van der Waals surface area contributed by atoms with Crippen molar-refractivity contribution in [3.63, 3.8) is 0 Å². The minimum Gasteiger partial charge on any atom is -0.489 e. The van der Waals surface area contributed by atoms with E-state index >= 15 is 4.39 Å². The largest absolute Gasteiger partial charge is 0.489 e. The van der Waals surface area contributed by atoms with Crippen molar-refractivity contribution < 1.29 is 31.4 Å². The Bertz CT molecular complexity index is 1740. The Kier molecular flexibility index (Phi) is 6.97. The van der Waals surface area contributed by atoms with Crippen molar-refractivity contribution in [1.29, 1.82) is 0 Å². The van der Waals surface area contributed by atoms with Crippen LogP contribution in [0.1, 0.15) is 43.2 Å². The fourth-order valence-electron chi connectivity index (χ4n) is 8.42. The van der Waals surface area contributed by atoms with Gasteiger partial charge in [-0.2, -0.15) is 23.1 Å². The van der Waals surface area contributed by atoms with Gasteiger partial charge in [-0.15, -0.1) is 0 Å². The minimum atomic E-state index is -4.89. The average Bonchev–Trinajstić information content (AvgIpc) is 3.30. The molecule has 9 nitrogen and oxygen atoms in total. The Balaban J connectivity index is 1.34. The molecule has 2 aromatic heterocycles. The number of benzene rings is 1. The molecule has 8 heterocycles. The molecule has 6 aliphatic heterocycles. The summed E-state index contributed by atoms with van der Waals surface area (Å²) >= 11 is 6.83. The van der Waals surface area contributed by atoms with E-state index < -0.39 is 40.5 Å². The van der Waals surface area contributed by atoms with Gasteiger partial charge in [0.2, 0.25) is 0 Å². The molecule has 3 aromatic rings. The fraction of sp³-hybridized carbons (Fsp3) is 0.581. The van der Waals surface area contributed by atoms with Crippen LogP contribution in [0.2, 0.25) is 5.02 Å². The van der Waals surface area contributed by atoms with E-state index in [0.29, 0.717) is 25.3 Å². The molecule has 3 N–H and O–H groups in total. The van der Waals surface area contributed by atoms with Gasteiger partial charge in [0, 0.05) is 32.1 Å². The molecule has 9 rings (SSSR count). The van der Waals surface area contributed by atoms with Gasteiger partial charge in [0.25, 0.3) is 0 Å². The van der Waals surface area contributed by atoms with E-state index in [1.54, 1.807) is 0 Å². The number of aryl methyl sites for hydroxylation is 1. The first-order valence-corrected chi connectivity index (χ1v) is 16.0. The van der Waals surface area contributed by atoms with Crippen LogP contribution in [0, 0.1) is 18.7 Å². The summed E-state index contributed by atoms with van der Waals surface area (Å²) in [7, 11) is 0. The molecule has 0 amide bonds. The number of ether oxygens (including phenoxy) is 2. The van der Waals surface area contributed by atoms with Crippen LogP contribution in [0.15, 0.2) is 6.07 Å². The van der Waals surface area contributed by atoms with Crippen molar-refractivity contribution in [2.75, 3.05) is 50.0 Å². The van der Waals surface area contributed by atoms with Crippen LogP contribution in [-0.2, 0) is 6.18 Å². The number of hydrogen-bond donors (Lipinski definition) is 2. The molecule has 0 spiro atoms. The lowest BCUT2D eigenvalue weighted by molar-refractivity contribution is -0.137. The summed E-state index contributed by atoms with van der Waals surface area (Å²) in [5.74, 6) is -0.850. The maximum Gasteiger partial charge on any atom is 0.418 e. The molecule has 246 valence electrons. The van der Waals surface area contributed by atoms with Crippen molar-refractivity contribution in [2.24, 2.45) is 5.92 Å². The van der Waals surface area contributed by atoms with Crippen LogP contribution in [0.5, 0.6) is 11.8 Å². The Morgan fingerprint density at radius 3 is 2.80 bits per heavy atom. The van der Waals surface area contributed by atoms with E-state index in [1.165, 1.54) is 6.92 Å². The Morgan fingerprint density at radius 1 is 1.22 bits per heavy atom. The van der Waals surface area contributed by atoms with Gasteiger partial charge in [0.05, 0.1) is 38.8 Å². The molecule has 5 saturated heterocycles. The first-order chi connectivity index (χ1) is 21.9. The van der Waals surface area contributed by atoms with E-state index in [4.69, 9.17) is 31.8 Å². The number of pyridine rings is 1. The predicted octanol–water partition coefficient (Wildman–Crippen LogP) is 5.30. The van der Waals surface area contributed by atoms with Crippen molar-refractivity contribution in [1.82, 2.24) is 25.2 Å². The minimum absolute atomic E-state index is 0.0156. The van der Waals surface area contributed by atoms with Crippen molar-refractivity contribution in [2.45, 2.75) is 69.0 Å². The van der Waals surface area contributed by atoms with Gasteiger partial charge in [0.15, 0.2) is 11.6 Å². The smallest absolute Gasteiger partial charge is 0.418 e. The summed E-state index contributed by atoms with van der Waals surface area (Å²) in [4.78, 5) is 17.4. The van der Waals surface area contributed by atoms with E-state index in [9.17, 15) is 17.6 Å². The highest BCUT2D eigenvalue weighted by Crippen LogP contribution is 2.51. The number of halogens is 6. The number of alkyl halides is 4. The van der Waals surface area contributed by atoms with E-state index in [0.717, 1.165) is 44.8 Å². The van der Waals surface area contributed by atoms with Crippen LogP contribution < -0.4 is 25.4 Å². The third-order valence-electron chi connectivity index (χ3n) is 10.5. The third kappa shape index (κ3) is 4.65. The molecule has 5 atom stereocenters. The summed E-state index contributed by atoms with van der Waals surface area (Å²) < 4.78 is 87.2. The second kappa shape index (κ2) is 10.6. The summed E-state index contributed by atoms with van der Waals surface area (Å²) in [6.45, 7) is 3.85. The second-order valence-electron chi connectivity index (χ2n) is 13.3. The Morgan fingerprint density at radius 2 is 2.04 bits per heavy atom. The highest BCUT2D eigenvalue weighted by atomic mass is 35.5. The quantitative estimate of drug-likeness (QED) is 0.360. The molecule has 0 unspecified atom stereocenters. The summed E-state index contributed by atoms with van der Waals surface area (Å²) in [6.07, 6.45) is -2.04. The summed E-state index contributed by atoms with van der Waals surface area (Å²) in [6, 6.07) is 0.904. The number of nitrogens with one attached hydrogen (secondary N) is 1. The van der Waals surface area contributed by atoms with Crippen molar-refractivity contribution in [3.05, 3.63) is 28.0 Å². The van der Waals surface area contributed by atoms with Gasteiger partial charge < -0.3 is 25.4 Å². The van der Waals surface area contributed by atoms with Crippen LogP contribution in [0.25, 0.3) is 22.2 Å². The van der Waals surface area contributed by atoms with Gasteiger partial charge >= 0.3 is 12.2 Å². The van der Waals surface area contributed by atoms with E-state index in [-0.39, 0.29) is 70.3 Å². The topological polar surface area (TPSA) is 102 Å². The fourth-order valence-corrected chi connectivity index (χ4v) is 8.74. The van der Waals surface area contributed by atoms with Gasteiger partial charge in [-0.05, 0) is 56.7 Å². The Hall–Kier alpha value is -3.23. The van der Waals surface area contributed by atoms with Crippen LogP contribution in [-0.4, -0.2) is 83.0 Å². The molecule has 46 heavy (non-hydrogen) atoms. The van der Waals surface area contributed by atoms with Gasteiger partial charge in [-0.3, -0.25) is 4.90 Å². The molecule has 2 bridgehead atoms. The number of nitrogens with two attached hydrogens (primary N) is 1. The molecule has 0 aliphatic carbocycles. The average molecular weight is 666 g/mol. The Labute approximate surface area is 266 Å². The van der Waals surface area contributed by atoms with Crippen LogP contribution in [0.3, 0.4) is 0 Å². The maximum atomic E-state index is 16.9. The van der Waals surface area contributed by atoms with Crippen molar-refractivity contribution in [3.8, 4) is 23.0 Å². The third-order valence-corrected chi connectivity index (χ3v) is 10.9. The van der Waals surface area contributed by atoms with Gasteiger partial charge in [-0.25, -0.2) is 13.8 Å². The normalized spacial score (nSPS) is 29.0. The van der Waals surface area contributed by atoms with E-state index in [2.05, 4.69) is 25.1 Å². The molecule has 5 fully saturated rings.